The maximum absolute atomic E-state index is 14.9. The van der Waals surface area contributed by atoms with E-state index in [4.69, 9.17) is 0 Å². The third-order valence-electron chi connectivity index (χ3n) is 6.29. The third-order valence-corrected chi connectivity index (χ3v) is 6.29. The summed E-state index contributed by atoms with van der Waals surface area (Å²) in [7, 11) is 0. The molecule has 2 aromatic carbocycles. The van der Waals surface area contributed by atoms with Gasteiger partial charge in [-0.2, -0.15) is 0 Å². The molecule has 2 aliphatic rings. The van der Waals surface area contributed by atoms with Gasteiger partial charge in [0.15, 0.2) is 0 Å². The SMILES string of the molecule is CCCN1CCC(NC(=O)c2c(F)cc(F)cc2-c2cccc(N3CCCC3=O)c2)CC1. The van der Waals surface area contributed by atoms with Crippen LogP contribution in [0.15, 0.2) is 36.4 Å². The zero-order valence-corrected chi connectivity index (χ0v) is 18.4. The Morgan fingerprint density at radius 3 is 2.59 bits per heavy atom. The van der Waals surface area contributed by atoms with Crippen LogP contribution in [0.25, 0.3) is 11.1 Å². The molecule has 2 aliphatic heterocycles. The number of benzene rings is 2. The lowest BCUT2D eigenvalue weighted by Crippen LogP contribution is -2.45. The Bertz CT molecular complexity index is 1000. The van der Waals surface area contributed by atoms with E-state index in [2.05, 4.69) is 17.1 Å². The fourth-order valence-electron chi connectivity index (χ4n) is 4.67. The van der Waals surface area contributed by atoms with Crippen LogP contribution in [-0.2, 0) is 4.79 Å². The van der Waals surface area contributed by atoms with Gasteiger partial charge in [0.2, 0.25) is 5.91 Å². The lowest BCUT2D eigenvalue weighted by molar-refractivity contribution is -0.117. The van der Waals surface area contributed by atoms with E-state index in [0.29, 0.717) is 24.2 Å². The molecular weight excluding hydrogens is 412 g/mol. The number of nitrogens with one attached hydrogen (secondary N) is 1. The van der Waals surface area contributed by atoms with E-state index in [1.165, 1.54) is 6.07 Å². The Morgan fingerprint density at radius 2 is 1.91 bits per heavy atom. The van der Waals surface area contributed by atoms with E-state index >= 15 is 0 Å². The average Bonchev–Trinajstić information content (AvgIpc) is 3.20. The lowest BCUT2D eigenvalue weighted by Gasteiger charge is -2.32. The van der Waals surface area contributed by atoms with Gasteiger partial charge in [-0.15, -0.1) is 0 Å². The van der Waals surface area contributed by atoms with Crippen molar-refractivity contribution in [2.45, 2.75) is 45.1 Å². The smallest absolute Gasteiger partial charge is 0.255 e. The Labute approximate surface area is 187 Å². The summed E-state index contributed by atoms with van der Waals surface area (Å²) in [5.74, 6) is -2.14. The molecule has 2 aromatic rings. The van der Waals surface area contributed by atoms with Gasteiger partial charge in [-0.1, -0.05) is 19.1 Å². The molecule has 0 atom stereocenters. The summed E-state index contributed by atoms with van der Waals surface area (Å²) in [5.41, 5.74) is 1.21. The highest BCUT2D eigenvalue weighted by Crippen LogP contribution is 2.31. The van der Waals surface area contributed by atoms with Gasteiger partial charge in [-0.3, -0.25) is 9.59 Å². The minimum Gasteiger partial charge on any atom is -0.349 e. The van der Waals surface area contributed by atoms with Gasteiger partial charge in [-0.25, -0.2) is 8.78 Å². The van der Waals surface area contributed by atoms with Crippen molar-refractivity contribution in [3.05, 3.63) is 53.6 Å². The number of anilines is 1. The summed E-state index contributed by atoms with van der Waals surface area (Å²) < 4.78 is 29.0. The van der Waals surface area contributed by atoms with Crippen molar-refractivity contribution in [1.82, 2.24) is 10.2 Å². The highest BCUT2D eigenvalue weighted by Gasteiger charge is 2.26. The van der Waals surface area contributed by atoms with Crippen molar-refractivity contribution in [2.24, 2.45) is 0 Å². The van der Waals surface area contributed by atoms with Crippen LogP contribution in [0.4, 0.5) is 14.5 Å². The first-order valence-corrected chi connectivity index (χ1v) is 11.4. The van der Waals surface area contributed by atoms with Crippen LogP contribution in [0.1, 0.15) is 49.4 Å². The molecule has 2 fully saturated rings. The van der Waals surface area contributed by atoms with Crippen molar-refractivity contribution in [2.75, 3.05) is 31.1 Å². The molecule has 0 saturated carbocycles. The van der Waals surface area contributed by atoms with Gasteiger partial charge in [-0.05, 0) is 56.0 Å². The van der Waals surface area contributed by atoms with E-state index in [9.17, 15) is 18.4 Å². The summed E-state index contributed by atoms with van der Waals surface area (Å²) >= 11 is 0. The molecule has 0 bridgehead atoms. The molecule has 2 saturated heterocycles. The Morgan fingerprint density at radius 1 is 1.12 bits per heavy atom. The number of rotatable bonds is 6. The van der Waals surface area contributed by atoms with Crippen LogP contribution in [0.5, 0.6) is 0 Å². The Hall–Kier alpha value is -2.80. The first-order chi connectivity index (χ1) is 15.5. The molecule has 32 heavy (non-hydrogen) atoms. The zero-order valence-electron chi connectivity index (χ0n) is 18.4. The number of likely N-dealkylation sites (tertiary alicyclic amines) is 1. The van der Waals surface area contributed by atoms with Crippen LogP contribution < -0.4 is 10.2 Å². The zero-order chi connectivity index (χ0) is 22.7. The first kappa shape index (κ1) is 22.4. The van der Waals surface area contributed by atoms with Gasteiger partial charge in [0, 0.05) is 49.4 Å². The second kappa shape index (κ2) is 9.77. The Kier molecular flexibility index (Phi) is 6.84. The number of amides is 2. The molecule has 0 radical (unpaired) electrons. The van der Waals surface area contributed by atoms with Crippen LogP contribution in [0, 0.1) is 11.6 Å². The molecule has 2 amide bonds. The van der Waals surface area contributed by atoms with Gasteiger partial charge in [0.1, 0.15) is 11.6 Å². The second-order valence-electron chi connectivity index (χ2n) is 8.60. The van der Waals surface area contributed by atoms with Crippen LogP contribution in [0.3, 0.4) is 0 Å². The molecule has 4 rings (SSSR count). The number of carbonyl (C=O) groups excluding carboxylic acids is 2. The summed E-state index contributed by atoms with van der Waals surface area (Å²) in [4.78, 5) is 29.2. The topological polar surface area (TPSA) is 52.7 Å². The fraction of sp³-hybridized carbons (Fsp3) is 0.440. The van der Waals surface area contributed by atoms with E-state index in [1.54, 1.807) is 29.2 Å². The number of piperidine rings is 1. The standard InChI is InChI=1S/C25H29F2N3O2/c1-2-10-29-12-8-19(9-13-29)28-25(32)24-21(15-18(26)16-22(24)27)17-5-3-6-20(14-17)30-11-4-7-23(30)31/h3,5-6,14-16,19H,2,4,7-13H2,1H3,(H,28,32). The summed E-state index contributed by atoms with van der Waals surface area (Å²) in [6.07, 6.45) is 3.96. The molecule has 0 unspecified atom stereocenters. The van der Waals surface area contributed by atoms with Crippen molar-refractivity contribution in [3.63, 3.8) is 0 Å². The minimum atomic E-state index is -0.886. The van der Waals surface area contributed by atoms with Crippen molar-refractivity contribution in [3.8, 4) is 11.1 Å². The first-order valence-electron chi connectivity index (χ1n) is 11.4. The van der Waals surface area contributed by atoms with Gasteiger partial charge in [0.25, 0.3) is 5.91 Å². The van der Waals surface area contributed by atoms with Gasteiger partial charge in [0.05, 0.1) is 5.56 Å². The van der Waals surface area contributed by atoms with Gasteiger partial charge >= 0.3 is 0 Å². The molecule has 0 spiro atoms. The van der Waals surface area contributed by atoms with Crippen LogP contribution >= 0.6 is 0 Å². The molecule has 5 nitrogen and oxygen atoms in total. The fourth-order valence-corrected chi connectivity index (χ4v) is 4.67. The van der Waals surface area contributed by atoms with E-state index in [0.717, 1.165) is 51.4 Å². The largest absolute Gasteiger partial charge is 0.349 e. The molecular formula is C25H29F2N3O2. The normalized spacial score (nSPS) is 17.7. The highest BCUT2D eigenvalue weighted by molar-refractivity contribution is 6.02. The van der Waals surface area contributed by atoms with Gasteiger partial charge < -0.3 is 15.1 Å². The molecule has 1 N–H and O–H groups in total. The summed E-state index contributed by atoms with van der Waals surface area (Å²) in [6, 6.07) is 8.86. The molecule has 0 aliphatic carbocycles. The predicted molar refractivity (Wildman–Crippen MR) is 121 cm³/mol. The maximum atomic E-state index is 14.9. The molecule has 2 heterocycles. The average molecular weight is 442 g/mol. The predicted octanol–water partition coefficient (Wildman–Crippen LogP) is 4.36. The van der Waals surface area contributed by atoms with Crippen molar-refractivity contribution >= 4 is 17.5 Å². The maximum Gasteiger partial charge on any atom is 0.255 e. The number of hydrogen-bond donors (Lipinski definition) is 1. The number of nitrogens with zero attached hydrogens (tertiary/aromatic N) is 2. The van der Waals surface area contributed by atoms with Crippen molar-refractivity contribution < 1.29 is 18.4 Å². The van der Waals surface area contributed by atoms with Crippen molar-refractivity contribution in [1.29, 1.82) is 0 Å². The molecule has 170 valence electrons. The molecule has 7 heteroatoms. The van der Waals surface area contributed by atoms with Crippen LogP contribution in [-0.4, -0.2) is 48.9 Å². The van der Waals surface area contributed by atoms with E-state index < -0.39 is 17.5 Å². The highest BCUT2D eigenvalue weighted by atomic mass is 19.1. The second-order valence-corrected chi connectivity index (χ2v) is 8.60. The number of halogens is 2. The minimum absolute atomic E-state index is 0.0277. The Balaban J connectivity index is 1.59. The monoisotopic (exact) mass is 441 g/mol. The summed E-state index contributed by atoms with van der Waals surface area (Å²) in [6.45, 7) is 5.57. The van der Waals surface area contributed by atoms with E-state index in [-0.39, 0.29) is 23.1 Å². The van der Waals surface area contributed by atoms with E-state index in [1.807, 2.05) is 0 Å². The summed E-state index contributed by atoms with van der Waals surface area (Å²) in [5, 5.41) is 2.95. The molecule has 0 aromatic heterocycles. The number of carbonyl (C=O) groups is 2. The third kappa shape index (κ3) is 4.83. The van der Waals surface area contributed by atoms with Crippen LogP contribution in [0.2, 0.25) is 0 Å². The lowest BCUT2D eigenvalue weighted by atomic mass is 9.96. The number of hydrogen-bond acceptors (Lipinski definition) is 3. The quantitative estimate of drug-likeness (QED) is 0.725.